The van der Waals surface area contributed by atoms with Gasteiger partial charge in [-0.2, -0.15) is 0 Å². The molecule has 3 rings (SSSR count). The van der Waals surface area contributed by atoms with Crippen molar-refractivity contribution in [1.29, 1.82) is 0 Å². The number of aryl methyl sites for hydroxylation is 2. The van der Waals surface area contributed by atoms with Crippen molar-refractivity contribution in [3.63, 3.8) is 0 Å². The zero-order valence-corrected chi connectivity index (χ0v) is 18.9. The molecule has 0 bridgehead atoms. The van der Waals surface area contributed by atoms with Crippen molar-refractivity contribution in [1.82, 2.24) is 14.1 Å². The molecular formula is C22H26N4O4S. The predicted octanol–water partition coefficient (Wildman–Crippen LogP) is 2.71. The van der Waals surface area contributed by atoms with Gasteiger partial charge < -0.3 is 10.1 Å². The summed E-state index contributed by atoms with van der Waals surface area (Å²) in [5, 5.41) is 3.23. The van der Waals surface area contributed by atoms with Gasteiger partial charge in [0.2, 0.25) is 5.91 Å². The van der Waals surface area contributed by atoms with E-state index in [9.17, 15) is 14.4 Å². The van der Waals surface area contributed by atoms with Crippen LogP contribution >= 0.6 is 11.8 Å². The molecule has 31 heavy (non-hydrogen) atoms. The number of nitrogens with zero attached hydrogens (tertiary/aromatic N) is 3. The highest BCUT2D eigenvalue weighted by Crippen LogP contribution is 2.29. The molecule has 0 aliphatic heterocycles. The maximum atomic E-state index is 12.9. The molecule has 0 aliphatic carbocycles. The Bertz CT molecular complexity index is 1220. The average molecular weight is 443 g/mol. The Morgan fingerprint density at radius 1 is 1.13 bits per heavy atom. The number of fused-ring (bicyclic) bond motifs is 1. The highest BCUT2D eigenvalue weighted by molar-refractivity contribution is 8.00. The number of aromatic nitrogens is 3. The van der Waals surface area contributed by atoms with Crippen LogP contribution in [0.25, 0.3) is 11.0 Å². The van der Waals surface area contributed by atoms with Gasteiger partial charge in [0.25, 0.3) is 5.56 Å². The number of nitrogens with one attached hydrogen (secondary N) is 1. The minimum Gasteiger partial charge on any atom is -0.494 e. The Balaban J connectivity index is 1.89. The molecular weight excluding hydrogens is 416 g/mol. The van der Waals surface area contributed by atoms with Crippen molar-refractivity contribution in [3.8, 4) is 5.75 Å². The molecule has 164 valence electrons. The molecule has 8 nitrogen and oxygen atoms in total. The monoisotopic (exact) mass is 442 g/mol. The van der Waals surface area contributed by atoms with Gasteiger partial charge in [-0.15, -0.1) is 11.8 Å². The smallest absolute Gasteiger partial charge is 0.332 e. The third kappa shape index (κ3) is 4.82. The highest BCUT2D eigenvalue weighted by atomic mass is 32.2. The molecule has 2 aromatic heterocycles. The van der Waals surface area contributed by atoms with Crippen LogP contribution in [-0.4, -0.2) is 32.4 Å². The van der Waals surface area contributed by atoms with E-state index in [2.05, 4.69) is 10.3 Å². The molecule has 0 spiro atoms. The molecule has 1 N–H and O–H groups in total. The molecule has 0 aliphatic rings. The fraction of sp³-hybridized carbons (Fsp3) is 0.364. The number of benzene rings is 1. The standard InChI is InChI=1S/C22H26N4O4S/c1-5-7-14-12-23-20-18(21(28)26(4)22(29)25(20)3)19(14)31-13-17(27)24-15-8-10-16(11-9-15)30-6-2/h8-12H,5-7,13H2,1-4H3,(H,24,27). The van der Waals surface area contributed by atoms with Crippen LogP contribution in [0.2, 0.25) is 0 Å². The number of anilines is 1. The van der Waals surface area contributed by atoms with Crippen molar-refractivity contribution in [2.24, 2.45) is 14.1 Å². The summed E-state index contributed by atoms with van der Waals surface area (Å²) in [5.74, 6) is 0.668. The van der Waals surface area contributed by atoms with Crippen LogP contribution in [0.15, 0.2) is 44.9 Å². The van der Waals surface area contributed by atoms with Crippen LogP contribution in [0.1, 0.15) is 25.8 Å². The number of rotatable bonds is 8. The topological polar surface area (TPSA) is 95.2 Å². The van der Waals surface area contributed by atoms with Crippen molar-refractivity contribution in [2.75, 3.05) is 17.7 Å². The van der Waals surface area contributed by atoms with E-state index in [0.717, 1.165) is 28.7 Å². The molecule has 0 unspecified atom stereocenters. The number of hydrogen-bond donors (Lipinski definition) is 1. The highest BCUT2D eigenvalue weighted by Gasteiger charge is 2.18. The van der Waals surface area contributed by atoms with Crippen LogP contribution < -0.4 is 21.3 Å². The van der Waals surface area contributed by atoms with Crippen LogP contribution in [0.3, 0.4) is 0 Å². The molecule has 1 aromatic carbocycles. The molecule has 0 atom stereocenters. The second-order valence-corrected chi connectivity index (χ2v) is 8.05. The summed E-state index contributed by atoms with van der Waals surface area (Å²) in [6.07, 6.45) is 3.28. The Kier molecular flexibility index (Phi) is 7.17. The van der Waals surface area contributed by atoms with E-state index in [1.54, 1.807) is 37.5 Å². The minimum absolute atomic E-state index is 0.120. The van der Waals surface area contributed by atoms with Gasteiger partial charge in [-0.1, -0.05) is 13.3 Å². The maximum absolute atomic E-state index is 12.9. The summed E-state index contributed by atoms with van der Waals surface area (Å²) in [4.78, 5) is 42.8. The maximum Gasteiger partial charge on any atom is 0.332 e. The number of carbonyl (C=O) groups excluding carboxylic acids is 1. The van der Waals surface area contributed by atoms with Crippen molar-refractivity contribution < 1.29 is 9.53 Å². The number of ether oxygens (including phenoxy) is 1. The van der Waals surface area contributed by atoms with Crippen LogP contribution in [-0.2, 0) is 25.3 Å². The van der Waals surface area contributed by atoms with E-state index in [-0.39, 0.29) is 11.7 Å². The van der Waals surface area contributed by atoms with E-state index in [0.29, 0.717) is 28.2 Å². The van der Waals surface area contributed by atoms with E-state index < -0.39 is 11.2 Å². The first-order valence-electron chi connectivity index (χ1n) is 10.1. The third-order valence-electron chi connectivity index (χ3n) is 4.81. The summed E-state index contributed by atoms with van der Waals surface area (Å²) in [5.41, 5.74) is 1.04. The van der Waals surface area contributed by atoms with Crippen LogP contribution in [0.5, 0.6) is 5.75 Å². The van der Waals surface area contributed by atoms with Gasteiger partial charge in [0.15, 0.2) is 0 Å². The predicted molar refractivity (Wildman–Crippen MR) is 123 cm³/mol. The van der Waals surface area contributed by atoms with Gasteiger partial charge in [-0.05, 0) is 43.2 Å². The van der Waals surface area contributed by atoms with E-state index in [1.165, 1.54) is 23.4 Å². The molecule has 2 heterocycles. The number of thioether (sulfide) groups is 1. The lowest BCUT2D eigenvalue weighted by Gasteiger charge is -2.14. The Labute approximate surface area is 184 Å². The third-order valence-corrected chi connectivity index (χ3v) is 5.97. The van der Waals surface area contributed by atoms with Gasteiger partial charge in [0.05, 0.1) is 17.7 Å². The van der Waals surface area contributed by atoms with Gasteiger partial charge in [0.1, 0.15) is 11.4 Å². The summed E-state index contributed by atoms with van der Waals surface area (Å²) in [6, 6.07) is 7.16. The lowest BCUT2D eigenvalue weighted by atomic mass is 10.1. The van der Waals surface area contributed by atoms with Gasteiger partial charge in [0, 0.05) is 30.9 Å². The fourth-order valence-corrected chi connectivity index (χ4v) is 4.30. The summed E-state index contributed by atoms with van der Waals surface area (Å²) < 4.78 is 7.84. The van der Waals surface area contributed by atoms with Crippen LogP contribution in [0.4, 0.5) is 5.69 Å². The zero-order chi connectivity index (χ0) is 22.5. The quantitative estimate of drug-likeness (QED) is 0.539. The fourth-order valence-electron chi connectivity index (χ4n) is 3.29. The molecule has 3 aromatic rings. The Morgan fingerprint density at radius 3 is 2.48 bits per heavy atom. The number of amides is 1. The lowest BCUT2D eigenvalue weighted by molar-refractivity contribution is -0.113. The normalized spacial score (nSPS) is 11.0. The lowest BCUT2D eigenvalue weighted by Crippen LogP contribution is -2.37. The largest absolute Gasteiger partial charge is 0.494 e. The Morgan fingerprint density at radius 2 is 1.84 bits per heavy atom. The molecule has 0 saturated heterocycles. The van der Waals surface area contributed by atoms with Gasteiger partial charge in [-0.25, -0.2) is 9.78 Å². The van der Waals surface area contributed by atoms with Crippen molar-refractivity contribution in [3.05, 3.63) is 56.9 Å². The minimum atomic E-state index is -0.433. The SMILES string of the molecule is CCCc1cnc2c(c1SCC(=O)Nc1ccc(OCC)cc1)c(=O)n(C)c(=O)n2C. The second kappa shape index (κ2) is 9.82. The molecule has 0 radical (unpaired) electrons. The average Bonchev–Trinajstić information content (AvgIpc) is 2.76. The van der Waals surface area contributed by atoms with Crippen molar-refractivity contribution >= 4 is 34.4 Å². The van der Waals surface area contributed by atoms with Gasteiger partial charge >= 0.3 is 5.69 Å². The molecule has 1 amide bonds. The molecule has 0 saturated carbocycles. The van der Waals surface area contributed by atoms with Crippen molar-refractivity contribution in [2.45, 2.75) is 31.6 Å². The first kappa shape index (κ1) is 22.6. The van der Waals surface area contributed by atoms with E-state index >= 15 is 0 Å². The molecule has 9 heteroatoms. The first-order chi connectivity index (χ1) is 14.9. The molecule has 0 fully saturated rings. The Hall–Kier alpha value is -3.07. The number of pyridine rings is 1. The van der Waals surface area contributed by atoms with E-state index in [1.807, 2.05) is 13.8 Å². The summed E-state index contributed by atoms with van der Waals surface area (Å²) >= 11 is 1.29. The second-order valence-electron chi connectivity index (χ2n) is 7.06. The van der Waals surface area contributed by atoms with Crippen LogP contribution in [0, 0.1) is 0 Å². The number of carbonyl (C=O) groups is 1. The summed E-state index contributed by atoms with van der Waals surface area (Å²) in [6.45, 7) is 4.53. The van der Waals surface area contributed by atoms with E-state index in [4.69, 9.17) is 4.74 Å². The number of hydrogen-bond acceptors (Lipinski definition) is 6. The first-order valence-corrected chi connectivity index (χ1v) is 11.1. The zero-order valence-electron chi connectivity index (χ0n) is 18.1. The summed E-state index contributed by atoms with van der Waals surface area (Å²) in [7, 11) is 3.04. The van der Waals surface area contributed by atoms with Gasteiger partial charge in [-0.3, -0.25) is 18.7 Å².